The third-order valence-corrected chi connectivity index (χ3v) is 4.40. The predicted octanol–water partition coefficient (Wildman–Crippen LogP) is 5.21. The van der Waals surface area contributed by atoms with Crippen LogP contribution in [0.1, 0.15) is 22.6 Å². The van der Waals surface area contributed by atoms with Crippen molar-refractivity contribution in [1.82, 2.24) is 0 Å². The van der Waals surface area contributed by atoms with Crippen molar-refractivity contribution in [2.45, 2.75) is 19.3 Å². The first-order valence-corrected chi connectivity index (χ1v) is 8.75. The summed E-state index contributed by atoms with van der Waals surface area (Å²) in [6.07, 6.45) is 0.409. The van der Waals surface area contributed by atoms with Gasteiger partial charge in [-0.1, -0.05) is 36.4 Å². The fourth-order valence-corrected chi connectivity index (χ4v) is 2.93. The van der Waals surface area contributed by atoms with E-state index in [0.717, 1.165) is 28.2 Å². The van der Waals surface area contributed by atoms with Gasteiger partial charge in [-0.3, -0.25) is 4.79 Å². The fourth-order valence-electron chi connectivity index (χ4n) is 2.93. The third-order valence-electron chi connectivity index (χ3n) is 4.40. The highest BCUT2D eigenvalue weighted by Gasteiger charge is 2.20. The highest BCUT2D eigenvalue weighted by molar-refractivity contribution is 5.76. The highest BCUT2D eigenvalue weighted by atomic mass is 16.5. The van der Waals surface area contributed by atoms with E-state index in [1.807, 2.05) is 55.5 Å². The molecule has 0 radical (unpaired) electrons. The van der Waals surface area contributed by atoms with E-state index in [9.17, 15) is 9.90 Å². The zero-order chi connectivity index (χ0) is 19.2. The van der Waals surface area contributed by atoms with Crippen LogP contribution in [0.3, 0.4) is 0 Å². The molecule has 0 bridgehead atoms. The molecule has 0 aromatic heterocycles. The molecule has 3 rings (SSSR count). The van der Waals surface area contributed by atoms with Gasteiger partial charge in [0, 0.05) is 0 Å². The van der Waals surface area contributed by atoms with Crippen LogP contribution in [0, 0.1) is 6.92 Å². The molecular formula is C23H22O4. The molecule has 0 saturated carbocycles. The summed E-state index contributed by atoms with van der Waals surface area (Å²) < 4.78 is 11.0. The molecule has 138 valence electrons. The Bertz CT molecular complexity index is 898. The van der Waals surface area contributed by atoms with Gasteiger partial charge >= 0.3 is 5.97 Å². The lowest BCUT2D eigenvalue weighted by molar-refractivity contribution is -0.138. The van der Waals surface area contributed by atoms with Gasteiger partial charge in [0.05, 0.1) is 13.0 Å². The second-order valence-corrected chi connectivity index (χ2v) is 6.43. The van der Waals surface area contributed by atoms with Crippen LogP contribution in [-0.4, -0.2) is 18.2 Å². The van der Waals surface area contributed by atoms with Gasteiger partial charge in [-0.15, -0.1) is 0 Å². The van der Waals surface area contributed by atoms with Crippen LogP contribution < -0.4 is 9.47 Å². The Labute approximate surface area is 159 Å². The molecule has 0 saturated heterocycles. The molecule has 3 aromatic carbocycles. The van der Waals surface area contributed by atoms with Crippen molar-refractivity contribution in [3.63, 3.8) is 0 Å². The van der Waals surface area contributed by atoms with Gasteiger partial charge in [-0.25, -0.2) is 0 Å². The van der Waals surface area contributed by atoms with Crippen LogP contribution >= 0.6 is 0 Å². The quantitative estimate of drug-likeness (QED) is 0.627. The monoisotopic (exact) mass is 362 g/mol. The molecular weight excluding hydrogens is 340 g/mol. The minimum atomic E-state index is -0.847. The van der Waals surface area contributed by atoms with Crippen LogP contribution in [-0.2, 0) is 11.2 Å². The second-order valence-electron chi connectivity index (χ2n) is 6.43. The van der Waals surface area contributed by atoms with Crippen molar-refractivity contribution in [2.75, 3.05) is 7.11 Å². The van der Waals surface area contributed by atoms with Gasteiger partial charge in [0.1, 0.15) is 17.2 Å². The first kappa shape index (κ1) is 18.5. The Kier molecular flexibility index (Phi) is 5.77. The molecule has 0 spiro atoms. The van der Waals surface area contributed by atoms with Crippen molar-refractivity contribution in [2.24, 2.45) is 0 Å². The summed E-state index contributed by atoms with van der Waals surface area (Å²) in [6, 6.07) is 22.5. The molecule has 1 N–H and O–H groups in total. The first-order valence-electron chi connectivity index (χ1n) is 8.75. The van der Waals surface area contributed by atoms with Crippen LogP contribution in [0.25, 0.3) is 0 Å². The molecule has 27 heavy (non-hydrogen) atoms. The summed E-state index contributed by atoms with van der Waals surface area (Å²) in [6.45, 7) is 2.02. The van der Waals surface area contributed by atoms with Gasteiger partial charge in [0.15, 0.2) is 0 Å². The molecule has 0 aliphatic rings. The van der Waals surface area contributed by atoms with Crippen molar-refractivity contribution in [1.29, 1.82) is 0 Å². The Morgan fingerprint density at radius 3 is 2.19 bits per heavy atom. The van der Waals surface area contributed by atoms with Gasteiger partial charge in [0.2, 0.25) is 0 Å². The van der Waals surface area contributed by atoms with Gasteiger partial charge in [0.25, 0.3) is 0 Å². The molecule has 0 fully saturated rings. The summed E-state index contributed by atoms with van der Waals surface area (Å²) in [5, 5.41) is 9.63. The van der Waals surface area contributed by atoms with Crippen LogP contribution in [0.5, 0.6) is 17.2 Å². The maximum Gasteiger partial charge on any atom is 0.311 e. The van der Waals surface area contributed by atoms with E-state index in [1.165, 1.54) is 0 Å². The van der Waals surface area contributed by atoms with Crippen LogP contribution in [0.4, 0.5) is 0 Å². The molecule has 1 unspecified atom stereocenters. The number of rotatable bonds is 7. The lowest BCUT2D eigenvalue weighted by atomic mass is 9.92. The molecule has 0 aliphatic heterocycles. The molecule has 3 aromatic rings. The Morgan fingerprint density at radius 2 is 1.59 bits per heavy atom. The standard InChI is InChI=1S/C23H22O4/c1-16-4-3-5-21(14-16)27-20-10-6-17(7-11-20)15-22(23(24)25)18-8-12-19(26-2)13-9-18/h3-14,22H,15H2,1-2H3,(H,24,25). The van der Waals surface area contributed by atoms with Crippen LogP contribution in [0.15, 0.2) is 72.8 Å². The number of methoxy groups -OCH3 is 1. The maximum absolute atomic E-state index is 11.7. The van der Waals surface area contributed by atoms with E-state index in [0.29, 0.717) is 12.2 Å². The number of hydrogen-bond donors (Lipinski definition) is 1. The zero-order valence-electron chi connectivity index (χ0n) is 15.4. The van der Waals surface area contributed by atoms with Crippen molar-refractivity contribution < 1.29 is 19.4 Å². The number of carbonyl (C=O) groups is 1. The SMILES string of the molecule is COc1ccc(C(Cc2ccc(Oc3cccc(C)c3)cc2)C(=O)O)cc1. The highest BCUT2D eigenvalue weighted by Crippen LogP contribution is 2.26. The summed E-state index contributed by atoms with van der Waals surface area (Å²) in [5.74, 6) is 0.755. The summed E-state index contributed by atoms with van der Waals surface area (Å²) in [7, 11) is 1.59. The Hall–Kier alpha value is -3.27. The molecule has 1 atom stereocenters. The fraction of sp³-hybridized carbons (Fsp3) is 0.174. The largest absolute Gasteiger partial charge is 0.497 e. The van der Waals surface area contributed by atoms with Crippen molar-refractivity contribution in [3.8, 4) is 17.2 Å². The Balaban J connectivity index is 1.72. The maximum atomic E-state index is 11.7. The Morgan fingerprint density at radius 1 is 0.926 bits per heavy atom. The van der Waals surface area contributed by atoms with Gasteiger partial charge in [-0.05, 0) is 66.4 Å². The number of ether oxygens (including phenoxy) is 2. The minimum Gasteiger partial charge on any atom is -0.497 e. The smallest absolute Gasteiger partial charge is 0.311 e. The number of benzene rings is 3. The van der Waals surface area contributed by atoms with E-state index in [2.05, 4.69) is 0 Å². The van der Waals surface area contributed by atoms with Crippen LogP contribution in [0.2, 0.25) is 0 Å². The van der Waals surface area contributed by atoms with E-state index in [1.54, 1.807) is 31.4 Å². The van der Waals surface area contributed by atoms with Crippen molar-refractivity contribution >= 4 is 5.97 Å². The lowest BCUT2D eigenvalue weighted by Crippen LogP contribution is -2.14. The average Bonchev–Trinajstić information content (AvgIpc) is 2.67. The minimum absolute atomic E-state index is 0.409. The van der Waals surface area contributed by atoms with Crippen molar-refractivity contribution in [3.05, 3.63) is 89.5 Å². The van der Waals surface area contributed by atoms with E-state index in [4.69, 9.17) is 9.47 Å². The van der Waals surface area contributed by atoms with E-state index in [-0.39, 0.29) is 0 Å². The second kappa shape index (κ2) is 8.41. The zero-order valence-corrected chi connectivity index (χ0v) is 15.4. The molecule has 4 heteroatoms. The first-order chi connectivity index (χ1) is 13.0. The number of carboxylic acid groups (broad SMARTS) is 1. The topological polar surface area (TPSA) is 55.8 Å². The summed E-state index contributed by atoms with van der Waals surface area (Å²) in [5.41, 5.74) is 2.83. The predicted molar refractivity (Wildman–Crippen MR) is 105 cm³/mol. The molecule has 0 heterocycles. The third kappa shape index (κ3) is 4.88. The number of aryl methyl sites for hydroxylation is 1. The summed E-state index contributed by atoms with van der Waals surface area (Å²) >= 11 is 0. The van der Waals surface area contributed by atoms with E-state index < -0.39 is 11.9 Å². The molecule has 0 aliphatic carbocycles. The number of hydrogen-bond acceptors (Lipinski definition) is 3. The molecule has 0 amide bonds. The molecule has 4 nitrogen and oxygen atoms in total. The van der Waals surface area contributed by atoms with Gasteiger partial charge < -0.3 is 14.6 Å². The normalized spacial score (nSPS) is 11.6. The average molecular weight is 362 g/mol. The van der Waals surface area contributed by atoms with Gasteiger partial charge in [-0.2, -0.15) is 0 Å². The lowest BCUT2D eigenvalue weighted by Gasteiger charge is -2.14. The summed E-state index contributed by atoms with van der Waals surface area (Å²) in [4.78, 5) is 11.7. The number of carboxylic acids is 1. The number of aliphatic carboxylic acids is 1. The van der Waals surface area contributed by atoms with E-state index >= 15 is 0 Å².